The summed E-state index contributed by atoms with van der Waals surface area (Å²) in [7, 11) is 0. The lowest BCUT2D eigenvalue weighted by Gasteiger charge is -2.19. The fourth-order valence-electron chi connectivity index (χ4n) is 1.48. The average molecular weight is 239 g/mol. The van der Waals surface area contributed by atoms with E-state index >= 15 is 0 Å². The standard InChI is InChI=1S/C11H13NO5/c1-2-6-5-7(3-4-8(6)12)11(17,9(13)14)10(15)16/h3-5,17H,2,12H2,1H3,(H,13,14)(H,15,16). The first-order valence-corrected chi connectivity index (χ1v) is 4.92. The molecule has 0 amide bonds. The highest BCUT2D eigenvalue weighted by Gasteiger charge is 2.46. The zero-order chi connectivity index (χ0) is 13.2. The molecule has 0 fully saturated rings. The first-order chi connectivity index (χ1) is 7.83. The topological polar surface area (TPSA) is 121 Å². The van der Waals surface area contributed by atoms with Crippen LogP contribution in [-0.4, -0.2) is 27.3 Å². The molecule has 0 aliphatic heterocycles. The van der Waals surface area contributed by atoms with Crippen LogP contribution in [0.25, 0.3) is 0 Å². The summed E-state index contributed by atoms with van der Waals surface area (Å²) in [4.78, 5) is 21.8. The van der Waals surface area contributed by atoms with Gasteiger partial charge in [0, 0.05) is 11.3 Å². The number of nitrogen functional groups attached to an aromatic ring is 1. The number of rotatable bonds is 4. The molecule has 1 aromatic rings. The van der Waals surface area contributed by atoms with Crippen molar-refractivity contribution in [3.63, 3.8) is 0 Å². The van der Waals surface area contributed by atoms with E-state index in [-0.39, 0.29) is 5.56 Å². The van der Waals surface area contributed by atoms with Crippen LogP contribution in [0.5, 0.6) is 0 Å². The summed E-state index contributed by atoms with van der Waals surface area (Å²) in [5.74, 6) is -3.67. The molecule has 6 nitrogen and oxygen atoms in total. The van der Waals surface area contributed by atoms with E-state index in [0.29, 0.717) is 17.7 Å². The maximum Gasteiger partial charge on any atom is 0.352 e. The molecule has 0 saturated carbocycles. The highest BCUT2D eigenvalue weighted by Crippen LogP contribution is 2.25. The Morgan fingerprint density at radius 3 is 2.24 bits per heavy atom. The first kappa shape index (κ1) is 13.0. The van der Waals surface area contributed by atoms with Gasteiger partial charge < -0.3 is 21.1 Å². The minimum atomic E-state index is -2.95. The Labute approximate surface area is 97.3 Å². The van der Waals surface area contributed by atoms with Gasteiger partial charge in [0.25, 0.3) is 5.60 Å². The van der Waals surface area contributed by atoms with E-state index in [0.717, 1.165) is 0 Å². The van der Waals surface area contributed by atoms with Gasteiger partial charge >= 0.3 is 11.9 Å². The summed E-state index contributed by atoms with van der Waals surface area (Å²) >= 11 is 0. The minimum absolute atomic E-state index is 0.219. The Morgan fingerprint density at radius 1 is 1.29 bits per heavy atom. The number of hydrogen-bond acceptors (Lipinski definition) is 4. The molecule has 0 radical (unpaired) electrons. The number of anilines is 1. The fraction of sp³-hybridized carbons (Fsp3) is 0.273. The zero-order valence-electron chi connectivity index (χ0n) is 9.17. The fourth-order valence-corrected chi connectivity index (χ4v) is 1.48. The predicted octanol–water partition coefficient (Wildman–Crippen LogP) is 0.188. The molecule has 5 N–H and O–H groups in total. The molecule has 0 spiro atoms. The molecule has 92 valence electrons. The number of benzene rings is 1. The lowest BCUT2D eigenvalue weighted by atomic mass is 9.91. The lowest BCUT2D eigenvalue weighted by molar-refractivity contribution is -0.177. The Bertz CT molecular complexity index is 455. The molecule has 1 rings (SSSR count). The quantitative estimate of drug-likeness (QED) is 0.439. The minimum Gasteiger partial charge on any atom is -0.478 e. The third kappa shape index (κ3) is 2.07. The highest BCUT2D eigenvalue weighted by atomic mass is 16.4. The third-order valence-electron chi connectivity index (χ3n) is 2.56. The van der Waals surface area contributed by atoms with Crippen molar-refractivity contribution in [1.82, 2.24) is 0 Å². The second kappa shape index (κ2) is 4.42. The monoisotopic (exact) mass is 239 g/mol. The molecule has 0 atom stereocenters. The zero-order valence-corrected chi connectivity index (χ0v) is 9.17. The van der Waals surface area contributed by atoms with Crippen molar-refractivity contribution >= 4 is 17.6 Å². The Balaban J connectivity index is 3.40. The second-order valence-corrected chi connectivity index (χ2v) is 3.59. The summed E-state index contributed by atoms with van der Waals surface area (Å²) in [6.45, 7) is 1.79. The van der Waals surface area contributed by atoms with E-state index in [2.05, 4.69) is 0 Å². The van der Waals surface area contributed by atoms with Gasteiger partial charge in [0.1, 0.15) is 0 Å². The highest BCUT2D eigenvalue weighted by molar-refractivity contribution is 6.02. The summed E-state index contributed by atoms with van der Waals surface area (Å²) < 4.78 is 0. The Morgan fingerprint density at radius 2 is 1.82 bits per heavy atom. The van der Waals surface area contributed by atoms with Crippen LogP contribution in [0.3, 0.4) is 0 Å². The number of carboxylic acid groups (broad SMARTS) is 2. The molecule has 0 bridgehead atoms. The van der Waals surface area contributed by atoms with E-state index in [1.807, 2.05) is 0 Å². The molecule has 17 heavy (non-hydrogen) atoms. The average Bonchev–Trinajstić information content (AvgIpc) is 2.28. The van der Waals surface area contributed by atoms with Crippen LogP contribution in [0.4, 0.5) is 5.69 Å². The van der Waals surface area contributed by atoms with Crippen LogP contribution in [0.2, 0.25) is 0 Å². The maximum absolute atomic E-state index is 10.9. The molecule has 6 heteroatoms. The molecule has 0 saturated heterocycles. The van der Waals surface area contributed by atoms with Gasteiger partial charge in [0.15, 0.2) is 0 Å². The van der Waals surface area contributed by atoms with Crippen LogP contribution in [0.1, 0.15) is 18.1 Å². The van der Waals surface area contributed by atoms with E-state index in [9.17, 15) is 14.7 Å². The summed E-state index contributed by atoms with van der Waals surface area (Å²) in [5, 5.41) is 27.4. The molecule has 1 aromatic carbocycles. The van der Waals surface area contributed by atoms with Crippen molar-refractivity contribution in [2.75, 3.05) is 5.73 Å². The summed E-state index contributed by atoms with van der Waals surface area (Å²) in [6, 6.07) is 3.86. The van der Waals surface area contributed by atoms with Gasteiger partial charge in [-0.2, -0.15) is 0 Å². The van der Waals surface area contributed by atoms with Gasteiger partial charge in [-0.25, -0.2) is 9.59 Å². The van der Waals surface area contributed by atoms with E-state index in [4.69, 9.17) is 15.9 Å². The van der Waals surface area contributed by atoms with Gasteiger partial charge in [-0.3, -0.25) is 0 Å². The van der Waals surface area contributed by atoms with Crippen LogP contribution < -0.4 is 5.73 Å². The maximum atomic E-state index is 10.9. The SMILES string of the molecule is CCc1cc(C(O)(C(=O)O)C(=O)O)ccc1N. The van der Waals surface area contributed by atoms with Gasteiger partial charge in [0.05, 0.1) is 0 Å². The smallest absolute Gasteiger partial charge is 0.352 e. The lowest BCUT2D eigenvalue weighted by Crippen LogP contribution is -2.43. The molecule has 0 heterocycles. The van der Waals surface area contributed by atoms with Crippen molar-refractivity contribution in [2.24, 2.45) is 0 Å². The number of nitrogens with two attached hydrogens (primary N) is 1. The van der Waals surface area contributed by atoms with Gasteiger partial charge in [0.2, 0.25) is 0 Å². The summed E-state index contributed by atoms with van der Waals surface area (Å²) in [5.41, 5.74) is 3.47. The third-order valence-corrected chi connectivity index (χ3v) is 2.56. The van der Waals surface area contributed by atoms with Crippen molar-refractivity contribution in [3.8, 4) is 0 Å². The molecule has 0 unspecified atom stereocenters. The normalized spacial score (nSPS) is 11.2. The molecular weight excluding hydrogens is 226 g/mol. The Hall–Kier alpha value is -2.08. The number of aliphatic hydroxyl groups is 1. The second-order valence-electron chi connectivity index (χ2n) is 3.59. The number of carboxylic acids is 2. The van der Waals surface area contributed by atoms with Crippen molar-refractivity contribution < 1.29 is 24.9 Å². The predicted molar refractivity (Wildman–Crippen MR) is 59.4 cm³/mol. The van der Waals surface area contributed by atoms with Crippen LogP contribution in [0, 0.1) is 0 Å². The first-order valence-electron chi connectivity index (χ1n) is 4.92. The van der Waals surface area contributed by atoms with Crippen LogP contribution in [-0.2, 0) is 21.6 Å². The van der Waals surface area contributed by atoms with Gasteiger partial charge in [-0.1, -0.05) is 13.0 Å². The van der Waals surface area contributed by atoms with Crippen molar-refractivity contribution in [3.05, 3.63) is 29.3 Å². The van der Waals surface area contributed by atoms with Crippen LogP contribution >= 0.6 is 0 Å². The van der Waals surface area contributed by atoms with Gasteiger partial charge in [-0.05, 0) is 24.1 Å². The van der Waals surface area contributed by atoms with E-state index in [1.54, 1.807) is 6.92 Å². The molecule has 0 aromatic heterocycles. The number of aryl methyl sites for hydroxylation is 1. The number of hydrogen-bond donors (Lipinski definition) is 4. The van der Waals surface area contributed by atoms with Crippen LogP contribution in [0.15, 0.2) is 18.2 Å². The number of aliphatic carboxylic acids is 2. The molecule has 0 aliphatic carbocycles. The Kier molecular flexibility index (Phi) is 3.38. The van der Waals surface area contributed by atoms with Crippen molar-refractivity contribution in [1.29, 1.82) is 0 Å². The molecule has 0 aliphatic rings. The molecular formula is C11H13NO5. The summed E-state index contributed by atoms with van der Waals surface area (Å²) in [6.07, 6.45) is 0.509. The van der Waals surface area contributed by atoms with Gasteiger partial charge in [-0.15, -0.1) is 0 Å². The van der Waals surface area contributed by atoms with E-state index < -0.39 is 17.5 Å². The van der Waals surface area contributed by atoms with Crippen molar-refractivity contribution in [2.45, 2.75) is 18.9 Å². The number of carbonyl (C=O) groups is 2. The van der Waals surface area contributed by atoms with E-state index in [1.165, 1.54) is 18.2 Å². The largest absolute Gasteiger partial charge is 0.478 e.